The van der Waals surface area contributed by atoms with E-state index in [0.29, 0.717) is 24.8 Å². The van der Waals surface area contributed by atoms with Gasteiger partial charge in [-0.05, 0) is 64.2 Å². The summed E-state index contributed by atoms with van der Waals surface area (Å²) in [7, 11) is 1.73. The van der Waals surface area contributed by atoms with E-state index in [4.69, 9.17) is 4.74 Å². The van der Waals surface area contributed by atoms with E-state index in [1.807, 2.05) is 37.8 Å². The van der Waals surface area contributed by atoms with E-state index >= 15 is 0 Å². The van der Waals surface area contributed by atoms with Crippen LogP contribution < -0.4 is 15.5 Å². The summed E-state index contributed by atoms with van der Waals surface area (Å²) in [6.45, 7) is 8.36. The molecule has 2 rings (SSSR count). The summed E-state index contributed by atoms with van der Waals surface area (Å²) in [5, 5.41) is 6.67. The Bertz CT molecular complexity index is 690. The highest BCUT2D eigenvalue weighted by Gasteiger charge is 2.27. The van der Waals surface area contributed by atoms with Gasteiger partial charge in [-0.1, -0.05) is 6.07 Å². The molecule has 0 heterocycles. The van der Waals surface area contributed by atoms with Crippen molar-refractivity contribution in [1.29, 1.82) is 0 Å². The van der Waals surface area contributed by atoms with Crippen molar-refractivity contribution >= 4 is 41.6 Å². The van der Waals surface area contributed by atoms with E-state index in [9.17, 15) is 9.18 Å². The fourth-order valence-corrected chi connectivity index (χ4v) is 3.79. The van der Waals surface area contributed by atoms with Crippen LogP contribution in [0.25, 0.3) is 0 Å². The number of guanidine groups is 1. The normalized spacial score (nSPS) is 18.9. The van der Waals surface area contributed by atoms with E-state index in [1.165, 1.54) is 0 Å². The van der Waals surface area contributed by atoms with E-state index in [1.54, 1.807) is 13.1 Å². The number of nitrogens with one attached hydrogen (secondary N) is 2. The second-order valence-corrected chi connectivity index (χ2v) is 7.33. The van der Waals surface area contributed by atoms with Crippen LogP contribution >= 0.6 is 24.0 Å². The van der Waals surface area contributed by atoms with Crippen molar-refractivity contribution in [1.82, 2.24) is 10.6 Å². The number of hydrogen-bond acceptors (Lipinski definition) is 4. The number of benzene rings is 1. The highest BCUT2D eigenvalue weighted by molar-refractivity contribution is 14.0. The number of carbonyl (C=O) groups is 1. The Morgan fingerprint density at radius 3 is 2.40 bits per heavy atom. The molecule has 30 heavy (non-hydrogen) atoms. The lowest BCUT2D eigenvalue weighted by Gasteiger charge is -2.29. The van der Waals surface area contributed by atoms with Gasteiger partial charge >= 0.3 is 5.97 Å². The largest absolute Gasteiger partial charge is 0.466 e. The maximum atomic E-state index is 14.5. The van der Waals surface area contributed by atoms with Crippen molar-refractivity contribution in [2.45, 2.75) is 59.0 Å². The van der Waals surface area contributed by atoms with Gasteiger partial charge in [-0.3, -0.25) is 9.79 Å². The molecule has 6 nitrogen and oxygen atoms in total. The summed E-state index contributed by atoms with van der Waals surface area (Å²) in [4.78, 5) is 18.1. The number of nitrogens with zero attached hydrogens (tertiary/aromatic N) is 2. The zero-order valence-corrected chi connectivity index (χ0v) is 20.9. The maximum absolute atomic E-state index is 14.5. The fraction of sp³-hybridized carbons (Fsp3) is 0.636. The Kier molecular flexibility index (Phi) is 12.1. The van der Waals surface area contributed by atoms with E-state index in [-0.39, 0.29) is 47.7 Å². The van der Waals surface area contributed by atoms with Crippen LogP contribution in [0.1, 0.15) is 52.0 Å². The lowest BCUT2D eigenvalue weighted by molar-refractivity contribution is -0.149. The van der Waals surface area contributed by atoms with Crippen LogP contribution in [0.4, 0.5) is 10.1 Å². The topological polar surface area (TPSA) is 66.0 Å². The first kappa shape index (κ1) is 26.5. The smallest absolute Gasteiger partial charge is 0.308 e. The van der Waals surface area contributed by atoms with Crippen LogP contribution in [0, 0.1) is 11.7 Å². The molecule has 1 fully saturated rings. The summed E-state index contributed by atoms with van der Waals surface area (Å²) in [6.07, 6.45) is 3.45. The third kappa shape index (κ3) is 7.59. The number of esters is 1. The Labute approximate surface area is 197 Å². The number of ether oxygens (including phenoxy) is 1. The minimum atomic E-state index is -0.201. The molecule has 170 valence electrons. The molecule has 0 saturated heterocycles. The molecule has 0 unspecified atom stereocenters. The minimum absolute atomic E-state index is 0. The highest BCUT2D eigenvalue weighted by atomic mass is 127. The quantitative estimate of drug-likeness (QED) is 0.228. The molecule has 1 aromatic rings. The van der Waals surface area contributed by atoms with Gasteiger partial charge in [0.15, 0.2) is 5.96 Å². The molecule has 1 aliphatic rings. The molecule has 1 aliphatic carbocycles. The lowest BCUT2D eigenvalue weighted by atomic mass is 9.86. The Balaban J connectivity index is 0.00000450. The van der Waals surface area contributed by atoms with Crippen molar-refractivity contribution in [2.75, 3.05) is 31.6 Å². The number of anilines is 1. The SMILES string of the molecule is CCOC(=O)C1CCC(NC(=NC)NCc2ccc(N(CC)CC)c(F)c2)CC1.I. The first-order valence-electron chi connectivity index (χ1n) is 10.7. The molecular formula is C22H36FIN4O2. The summed E-state index contributed by atoms with van der Waals surface area (Å²) in [6, 6.07) is 5.64. The predicted molar refractivity (Wildman–Crippen MR) is 131 cm³/mol. The predicted octanol–water partition coefficient (Wildman–Crippen LogP) is 4.08. The van der Waals surface area contributed by atoms with Crippen molar-refractivity contribution in [3.8, 4) is 0 Å². The average Bonchev–Trinajstić information content (AvgIpc) is 2.73. The molecule has 2 N–H and O–H groups in total. The monoisotopic (exact) mass is 534 g/mol. The van der Waals surface area contributed by atoms with Gasteiger partial charge in [-0.25, -0.2) is 4.39 Å². The summed E-state index contributed by atoms with van der Waals surface area (Å²) in [5.41, 5.74) is 1.51. The Morgan fingerprint density at radius 2 is 1.87 bits per heavy atom. The van der Waals surface area contributed by atoms with Gasteiger partial charge in [-0.15, -0.1) is 24.0 Å². The molecule has 0 spiro atoms. The molecule has 0 atom stereocenters. The van der Waals surface area contributed by atoms with E-state index in [0.717, 1.165) is 44.3 Å². The first-order valence-corrected chi connectivity index (χ1v) is 10.7. The molecule has 0 bridgehead atoms. The van der Waals surface area contributed by atoms with Gasteiger partial charge in [0, 0.05) is 32.7 Å². The zero-order valence-electron chi connectivity index (χ0n) is 18.5. The van der Waals surface area contributed by atoms with Crippen LogP contribution in [-0.2, 0) is 16.1 Å². The van der Waals surface area contributed by atoms with Gasteiger partial charge in [0.1, 0.15) is 5.82 Å². The van der Waals surface area contributed by atoms with E-state index < -0.39 is 0 Å². The highest BCUT2D eigenvalue weighted by Crippen LogP contribution is 2.25. The summed E-state index contributed by atoms with van der Waals surface area (Å²) in [5.74, 6) is 0.421. The molecule has 1 aromatic carbocycles. The van der Waals surface area contributed by atoms with Crippen LogP contribution in [0.3, 0.4) is 0 Å². The van der Waals surface area contributed by atoms with Gasteiger partial charge < -0.3 is 20.3 Å². The number of hydrogen-bond donors (Lipinski definition) is 2. The van der Waals surface area contributed by atoms with Gasteiger partial charge in [0.25, 0.3) is 0 Å². The second-order valence-electron chi connectivity index (χ2n) is 7.33. The molecule has 0 amide bonds. The molecule has 8 heteroatoms. The van der Waals surface area contributed by atoms with Crippen molar-refractivity contribution in [3.63, 3.8) is 0 Å². The number of rotatable bonds is 8. The van der Waals surface area contributed by atoms with Crippen molar-refractivity contribution in [2.24, 2.45) is 10.9 Å². The molecular weight excluding hydrogens is 498 g/mol. The van der Waals surface area contributed by atoms with Crippen LogP contribution in [-0.4, -0.2) is 44.7 Å². The molecule has 0 radical (unpaired) electrons. The van der Waals surface area contributed by atoms with Gasteiger partial charge in [0.2, 0.25) is 0 Å². The zero-order chi connectivity index (χ0) is 21.2. The summed E-state index contributed by atoms with van der Waals surface area (Å²) >= 11 is 0. The number of carbonyl (C=O) groups excluding carboxylic acids is 1. The van der Waals surface area contributed by atoms with Gasteiger partial charge in [0.05, 0.1) is 18.2 Å². The maximum Gasteiger partial charge on any atom is 0.308 e. The van der Waals surface area contributed by atoms with Crippen molar-refractivity contribution in [3.05, 3.63) is 29.6 Å². The lowest BCUT2D eigenvalue weighted by Crippen LogP contribution is -2.45. The van der Waals surface area contributed by atoms with Crippen molar-refractivity contribution < 1.29 is 13.9 Å². The molecule has 0 aromatic heterocycles. The number of halogens is 2. The third-order valence-electron chi connectivity index (χ3n) is 5.49. The van der Waals surface area contributed by atoms with E-state index in [2.05, 4.69) is 15.6 Å². The fourth-order valence-electron chi connectivity index (χ4n) is 3.79. The minimum Gasteiger partial charge on any atom is -0.466 e. The van der Waals surface area contributed by atoms with Gasteiger partial charge in [-0.2, -0.15) is 0 Å². The average molecular weight is 534 g/mol. The molecule has 1 saturated carbocycles. The Hall–Kier alpha value is -1.58. The second kappa shape index (κ2) is 13.7. The van der Waals surface area contributed by atoms with Crippen LogP contribution in [0.5, 0.6) is 0 Å². The standard InChI is InChI=1S/C22H35FN4O2.HI/c1-5-27(6-2)20-13-8-16(14-19(20)23)15-25-22(24-4)26-18-11-9-17(10-12-18)21(28)29-7-3;/h8,13-14,17-18H,5-7,9-12,15H2,1-4H3,(H2,24,25,26);1H. The van der Waals surface area contributed by atoms with Crippen LogP contribution in [0.15, 0.2) is 23.2 Å². The Morgan fingerprint density at radius 1 is 1.20 bits per heavy atom. The third-order valence-corrected chi connectivity index (χ3v) is 5.49. The first-order chi connectivity index (χ1) is 14.0. The van der Waals surface area contributed by atoms with Crippen LogP contribution in [0.2, 0.25) is 0 Å². The summed E-state index contributed by atoms with van der Waals surface area (Å²) < 4.78 is 19.6. The number of aliphatic imine (C=N–C) groups is 1. The molecule has 0 aliphatic heterocycles.